The van der Waals surface area contributed by atoms with Crippen molar-refractivity contribution >= 4 is 11.7 Å². The normalized spacial score (nSPS) is 23.7. The van der Waals surface area contributed by atoms with E-state index in [9.17, 15) is 4.79 Å². The van der Waals surface area contributed by atoms with Gasteiger partial charge in [0.1, 0.15) is 0 Å². The Morgan fingerprint density at radius 2 is 2.00 bits per heavy atom. The average molecular weight is 345 g/mol. The van der Waals surface area contributed by atoms with Crippen LogP contribution in [0.1, 0.15) is 32.1 Å². The van der Waals surface area contributed by atoms with Gasteiger partial charge in [-0.05, 0) is 56.8 Å². The second-order valence-corrected chi connectivity index (χ2v) is 7.24. The molecule has 2 amide bonds. The van der Waals surface area contributed by atoms with Crippen LogP contribution >= 0.6 is 0 Å². The third kappa shape index (κ3) is 4.95. The van der Waals surface area contributed by atoms with Gasteiger partial charge in [-0.3, -0.25) is 0 Å². The number of piperidine rings is 2. The monoisotopic (exact) mass is 345 g/mol. The Kier molecular flexibility index (Phi) is 6.70. The Labute approximate surface area is 151 Å². The van der Waals surface area contributed by atoms with E-state index in [4.69, 9.17) is 4.74 Å². The number of nitrogens with one attached hydrogen (secondary N) is 1. The maximum atomic E-state index is 12.8. The van der Waals surface area contributed by atoms with E-state index in [1.54, 1.807) is 7.11 Å². The van der Waals surface area contributed by atoms with Crippen LogP contribution in [0.5, 0.6) is 0 Å². The van der Waals surface area contributed by atoms with Crippen molar-refractivity contribution in [2.75, 3.05) is 45.2 Å². The first kappa shape index (κ1) is 18.2. The van der Waals surface area contributed by atoms with Crippen molar-refractivity contribution in [1.82, 2.24) is 9.80 Å². The van der Waals surface area contributed by atoms with Gasteiger partial charge >= 0.3 is 6.03 Å². The molecule has 25 heavy (non-hydrogen) atoms. The summed E-state index contributed by atoms with van der Waals surface area (Å²) in [6, 6.07) is 10.3. The van der Waals surface area contributed by atoms with Crippen molar-refractivity contribution < 1.29 is 9.53 Å². The summed E-state index contributed by atoms with van der Waals surface area (Å²) in [6.45, 7) is 4.50. The molecule has 5 heteroatoms. The van der Waals surface area contributed by atoms with Gasteiger partial charge in [0.05, 0.1) is 6.61 Å². The smallest absolute Gasteiger partial charge is 0.321 e. The SMILES string of the molecule is COCCN(C[C@@H]1CCCN2CCCC[C@H]12)C(=O)Nc1ccccc1. The van der Waals surface area contributed by atoms with Crippen molar-refractivity contribution in [1.29, 1.82) is 0 Å². The molecule has 5 nitrogen and oxygen atoms in total. The van der Waals surface area contributed by atoms with Gasteiger partial charge in [-0.2, -0.15) is 0 Å². The van der Waals surface area contributed by atoms with Gasteiger partial charge in [0.2, 0.25) is 0 Å². The molecule has 0 bridgehead atoms. The Hall–Kier alpha value is -1.59. The average Bonchev–Trinajstić information content (AvgIpc) is 2.66. The van der Waals surface area contributed by atoms with Crippen LogP contribution in [-0.2, 0) is 4.74 Å². The summed E-state index contributed by atoms with van der Waals surface area (Å²) in [7, 11) is 1.69. The molecule has 2 heterocycles. The predicted octanol–water partition coefficient (Wildman–Crippen LogP) is 3.43. The number of anilines is 1. The number of nitrogens with zero attached hydrogens (tertiary/aromatic N) is 2. The first-order chi connectivity index (χ1) is 12.3. The van der Waals surface area contributed by atoms with Crippen LogP contribution in [0.15, 0.2) is 30.3 Å². The fraction of sp³-hybridized carbons (Fsp3) is 0.650. The molecule has 0 unspecified atom stereocenters. The van der Waals surface area contributed by atoms with E-state index in [-0.39, 0.29) is 6.03 Å². The van der Waals surface area contributed by atoms with Crippen molar-refractivity contribution in [2.24, 2.45) is 5.92 Å². The number of fused-ring (bicyclic) bond motifs is 1. The highest BCUT2D eigenvalue weighted by Crippen LogP contribution is 2.31. The van der Waals surface area contributed by atoms with E-state index in [2.05, 4.69) is 10.2 Å². The number of rotatable bonds is 6. The van der Waals surface area contributed by atoms with E-state index in [1.165, 1.54) is 45.2 Å². The van der Waals surface area contributed by atoms with Crippen molar-refractivity contribution in [3.05, 3.63) is 30.3 Å². The molecule has 2 atom stereocenters. The van der Waals surface area contributed by atoms with Crippen LogP contribution < -0.4 is 5.32 Å². The number of amides is 2. The number of hydrogen-bond donors (Lipinski definition) is 1. The van der Waals surface area contributed by atoms with Gasteiger partial charge in [-0.1, -0.05) is 24.6 Å². The molecule has 2 fully saturated rings. The summed E-state index contributed by atoms with van der Waals surface area (Å²) in [5, 5.41) is 3.03. The highest BCUT2D eigenvalue weighted by atomic mass is 16.5. The molecule has 2 aliphatic rings. The second kappa shape index (κ2) is 9.20. The van der Waals surface area contributed by atoms with E-state index in [0.717, 1.165) is 12.2 Å². The third-order valence-corrected chi connectivity index (χ3v) is 5.56. The molecule has 138 valence electrons. The van der Waals surface area contributed by atoms with E-state index in [1.807, 2.05) is 35.2 Å². The number of carbonyl (C=O) groups is 1. The molecule has 1 aromatic rings. The predicted molar refractivity (Wildman–Crippen MR) is 101 cm³/mol. The first-order valence-corrected chi connectivity index (χ1v) is 9.62. The van der Waals surface area contributed by atoms with Crippen LogP contribution in [0.2, 0.25) is 0 Å². The zero-order valence-corrected chi connectivity index (χ0v) is 15.3. The molecule has 0 aliphatic carbocycles. The number of benzene rings is 1. The number of urea groups is 1. The number of ether oxygens (including phenoxy) is 1. The highest BCUT2D eigenvalue weighted by Gasteiger charge is 2.34. The molecular formula is C20H31N3O2. The fourth-order valence-electron chi connectivity index (χ4n) is 4.27. The lowest BCUT2D eigenvalue weighted by Crippen LogP contribution is -2.52. The van der Waals surface area contributed by atoms with E-state index < -0.39 is 0 Å². The number of para-hydroxylation sites is 1. The minimum absolute atomic E-state index is 0.0174. The molecule has 0 spiro atoms. The largest absolute Gasteiger partial charge is 0.383 e. The van der Waals surface area contributed by atoms with Crippen LogP contribution in [0.25, 0.3) is 0 Å². The van der Waals surface area contributed by atoms with Gasteiger partial charge in [0, 0.05) is 31.9 Å². The van der Waals surface area contributed by atoms with Gasteiger partial charge in [-0.25, -0.2) is 4.79 Å². The molecule has 0 aromatic heterocycles. The van der Waals surface area contributed by atoms with Gasteiger partial charge in [0.15, 0.2) is 0 Å². The van der Waals surface area contributed by atoms with E-state index >= 15 is 0 Å². The molecule has 3 rings (SSSR count). The summed E-state index contributed by atoms with van der Waals surface area (Å²) in [5.74, 6) is 0.576. The number of hydrogen-bond acceptors (Lipinski definition) is 3. The van der Waals surface area contributed by atoms with Crippen LogP contribution in [-0.4, -0.2) is 61.8 Å². The molecule has 0 saturated carbocycles. The molecule has 1 N–H and O–H groups in total. The Morgan fingerprint density at radius 1 is 1.20 bits per heavy atom. The van der Waals surface area contributed by atoms with Gasteiger partial charge < -0.3 is 19.9 Å². The molecule has 1 aromatic carbocycles. The van der Waals surface area contributed by atoms with Crippen molar-refractivity contribution in [3.63, 3.8) is 0 Å². The summed E-state index contributed by atoms with van der Waals surface area (Å²) < 4.78 is 5.24. The maximum absolute atomic E-state index is 12.8. The quantitative estimate of drug-likeness (QED) is 0.859. The van der Waals surface area contributed by atoms with Crippen molar-refractivity contribution in [3.8, 4) is 0 Å². The topological polar surface area (TPSA) is 44.8 Å². The fourth-order valence-corrected chi connectivity index (χ4v) is 4.27. The Bertz CT molecular complexity index is 535. The highest BCUT2D eigenvalue weighted by molar-refractivity contribution is 5.89. The number of carbonyl (C=O) groups excluding carboxylic acids is 1. The summed E-state index contributed by atoms with van der Waals surface area (Å²) in [4.78, 5) is 17.4. The summed E-state index contributed by atoms with van der Waals surface area (Å²) >= 11 is 0. The first-order valence-electron chi connectivity index (χ1n) is 9.62. The van der Waals surface area contributed by atoms with E-state index in [0.29, 0.717) is 25.1 Å². The lowest BCUT2D eigenvalue weighted by molar-refractivity contribution is 0.0433. The van der Waals surface area contributed by atoms with Crippen LogP contribution in [0, 0.1) is 5.92 Å². The lowest BCUT2D eigenvalue weighted by atomic mass is 9.83. The van der Waals surface area contributed by atoms with Gasteiger partial charge in [0.25, 0.3) is 0 Å². The maximum Gasteiger partial charge on any atom is 0.321 e. The molecular weight excluding hydrogens is 314 g/mol. The summed E-state index contributed by atoms with van der Waals surface area (Å²) in [5.41, 5.74) is 0.845. The molecule has 0 radical (unpaired) electrons. The number of methoxy groups -OCH3 is 1. The van der Waals surface area contributed by atoms with Gasteiger partial charge in [-0.15, -0.1) is 0 Å². The second-order valence-electron chi connectivity index (χ2n) is 7.24. The minimum atomic E-state index is -0.0174. The molecule has 2 saturated heterocycles. The minimum Gasteiger partial charge on any atom is -0.383 e. The van der Waals surface area contributed by atoms with Crippen molar-refractivity contribution in [2.45, 2.75) is 38.1 Å². The Balaban J connectivity index is 1.64. The summed E-state index contributed by atoms with van der Waals surface area (Å²) in [6.07, 6.45) is 6.41. The zero-order valence-electron chi connectivity index (χ0n) is 15.3. The third-order valence-electron chi connectivity index (χ3n) is 5.56. The lowest BCUT2D eigenvalue weighted by Gasteiger charge is -2.45. The molecule has 2 aliphatic heterocycles. The zero-order chi connectivity index (χ0) is 17.5. The van der Waals surface area contributed by atoms with Crippen LogP contribution in [0.3, 0.4) is 0 Å². The standard InChI is InChI=1S/C20H31N3O2/c1-25-15-14-23(20(24)21-18-9-3-2-4-10-18)16-17-8-7-13-22-12-6-5-11-19(17)22/h2-4,9-10,17,19H,5-8,11-16H2,1H3,(H,21,24)/t17-,19+/m0/s1. The Morgan fingerprint density at radius 3 is 2.80 bits per heavy atom. The van der Waals surface area contributed by atoms with Crippen LogP contribution in [0.4, 0.5) is 10.5 Å².